The number of carbonyl (C=O) groups is 1. The Morgan fingerprint density at radius 2 is 2.12 bits per heavy atom. The molecule has 2 aromatic rings. The molecule has 1 amide bonds. The summed E-state index contributed by atoms with van der Waals surface area (Å²) in [6.45, 7) is 2.81. The van der Waals surface area contributed by atoms with E-state index in [1.807, 2.05) is 43.0 Å². The van der Waals surface area contributed by atoms with Crippen molar-refractivity contribution in [3.05, 3.63) is 41.9 Å². The number of rotatable bonds is 5. The summed E-state index contributed by atoms with van der Waals surface area (Å²) in [5, 5.41) is 7.82. The van der Waals surface area contributed by atoms with Crippen LogP contribution in [0.2, 0.25) is 0 Å². The average molecular weight is 339 g/mol. The molecule has 25 heavy (non-hydrogen) atoms. The van der Waals surface area contributed by atoms with Crippen LogP contribution in [0.3, 0.4) is 0 Å². The summed E-state index contributed by atoms with van der Waals surface area (Å²) >= 11 is 0. The molecule has 0 bridgehead atoms. The van der Waals surface area contributed by atoms with E-state index in [9.17, 15) is 4.79 Å². The fourth-order valence-electron chi connectivity index (χ4n) is 3.88. The Bertz CT molecular complexity index is 767. The Hall–Kier alpha value is -2.37. The number of pyridine rings is 1. The second-order valence-corrected chi connectivity index (χ2v) is 7.27. The highest BCUT2D eigenvalue weighted by atomic mass is 16.2. The lowest BCUT2D eigenvalue weighted by atomic mass is 9.85. The van der Waals surface area contributed by atoms with Crippen molar-refractivity contribution in [2.75, 3.05) is 11.9 Å². The lowest BCUT2D eigenvalue weighted by molar-refractivity contribution is -0.139. The highest BCUT2D eigenvalue weighted by Crippen LogP contribution is 2.43. The van der Waals surface area contributed by atoms with Gasteiger partial charge in [0, 0.05) is 49.4 Å². The van der Waals surface area contributed by atoms with Crippen molar-refractivity contribution in [3.8, 4) is 0 Å². The molecule has 1 N–H and O–H groups in total. The average Bonchev–Trinajstić information content (AvgIpc) is 3.34. The van der Waals surface area contributed by atoms with E-state index in [1.54, 1.807) is 0 Å². The summed E-state index contributed by atoms with van der Waals surface area (Å²) in [6, 6.07) is 6.54. The normalized spacial score (nSPS) is 23.8. The predicted molar refractivity (Wildman–Crippen MR) is 96.0 cm³/mol. The van der Waals surface area contributed by atoms with Crippen molar-refractivity contribution in [3.63, 3.8) is 0 Å². The number of nitrogens with zero attached hydrogens (tertiary/aromatic N) is 4. The first-order valence-corrected chi connectivity index (χ1v) is 9.09. The first-order chi connectivity index (χ1) is 12.1. The number of nitrogens with one attached hydrogen (secondary N) is 1. The van der Waals surface area contributed by atoms with Crippen molar-refractivity contribution in [1.82, 2.24) is 19.7 Å². The minimum absolute atomic E-state index is 0.111. The quantitative estimate of drug-likeness (QED) is 0.910. The smallest absolute Gasteiger partial charge is 0.223 e. The molecule has 6 heteroatoms. The lowest BCUT2D eigenvalue weighted by Gasteiger charge is -2.41. The molecule has 3 heterocycles. The number of hydrogen-bond acceptors (Lipinski definition) is 4. The van der Waals surface area contributed by atoms with E-state index in [-0.39, 0.29) is 6.04 Å². The van der Waals surface area contributed by atoms with Crippen LogP contribution in [0.4, 0.5) is 5.82 Å². The van der Waals surface area contributed by atoms with Crippen molar-refractivity contribution in [2.24, 2.45) is 13.0 Å². The van der Waals surface area contributed by atoms with E-state index in [1.165, 1.54) is 0 Å². The molecule has 6 nitrogen and oxygen atoms in total. The predicted octanol–water partition coefficient (Wildman–Crippen LogP) is 2.68. The van der Waals surface area contributed by atoms with E-state index in [0.29, 0.717) is 24.3 Å². The number of aromatic nitrogens is 3. The lowest BCUT2D eigenvalue weighted by Crippen LogP contribution is -2.46. The Morgan fingerprint density at radius 3 is 2.80 bits per heavy atom. The van der Waals surface area contributed by atoms with Crippen LogP contribution in [0.5, 0.6) is 0 Å². The summed E-state index contributed by atoms with van der Waals surface area (Å²) < 4.78 is 1.83. The summed E-state index contributed by atoms with van der Waals surface area (Å²) in [7, 11) is 1.93. The molecular formula is C19H25N5O. The number of likely N-dealkylation sites (tertiary alicyclic amines) is 1. The van der Waals surface area contributed by atoms with Crippen LogP contribution in [-0.4, -0.2) is 38.2 Å². The van der Waals surface area contributed by atoms with E-state index < -0.39 is 0 Å². The molecule has 2 aliphatic rings. The van der Waals surface area contributed by atoms with Gasteiger partial charge in [0.25, 0.3) is 0 Å². The number of carbonyl (C=O) groups excluding carboxylic acids is 1. The van der Waals surface area contributed by atoms with Crippen LogP contribution in [0.15, 0.2) is 30.6 Å². The number of anilines is 1. The second-order valence-electron chi connectivity index (χ2n) is 7.27. The number of hydrogen-bond donors (Lipinski definition) is 1. The van der Waals surface area contributed by atoms with Gasteiger partial charge in [0.15, 0.2) is 0 Å². The molecule has 0 radical (unpaired) electrons. The molecule has 0 aromatic carbocycles. The van der Waals surface area contributed by atoms with Gasteiger partial charge in [0.1, 0.15) is 5.82 Å². The molecule has 1 saturated heterocycles. The van der Waals surface area contributed by atoms with Crippen LogP contribution < -0.4 is 5.32 Å². The van der Waals surface area contributed by atoms with Gasteiger partial charge in [0.05, 0.1) is 12.2 Å². The molecule has 0 spiro atoms. The van der Waals surface area contributed by atoms with E-state index in [0.717, 1.165) is 42.9 Å². The minimum atomic E-state index is 0.111. The van der Waals surface area contributed by atoms with Gasteiger partial charge in [-0.05, 0) is 38.3 Å². The largest absolute Gasteiger partial charge is 0.370 e. The van der Waals surface area contributed by atoms with Gasteiger partial charge < -0.3 is 10.2 Å². The molecule has 0 unspecified atom stereocenters. The summed E-state index contributed by atoms with van der Waals surface area (Å²) in [6.07, 6.45) is 7.76. The zero-order chi connectivity index (χ0) is 17.4. The zero-order valence-corrected chi connectivity index (χ0v) is 14.9. The SMILES string of the molecule is Cc1cccc(NC[C@H]2CCC(=O)N(C3CC3)[C@@H]2c2cnn(C)c2)n1. The Balaban J connectivity index is 1.56. The number of piperidine rings is 1. The molecule has 2 fully saturated rings. The van der Waals surface area contributed by atoms with Gasteiger partial charge in [-0.3, -0.25) is 9.48 Å². The fourth-order valence-corrected chi connectivity index (χ4v) is 3.88. The monoisotopic (exact) mass is 339 g/mol. The van der Waals surface area contributed by atoms with Crippen molar-refractivity contribution >= 4 is 11.7 Å². The molecule has 4 rings (SSSR count). The van der Waals surface area contributed by atoms with Crippen molar-refractivity contribution < 1.29 is 4.79 Å². The van der Waals surface area contributed by atoms with Gasteiger partial charge in [-0.2, -0.15) is 5.10 Å². The molecular weight excluding hydrogens is 314 g/mol. The van der Waals surface area contributed by atoms with Gasteiger partial charge >= 0.3 is 0 Å². The van der Waals surface area contributed by atoms with Gasteiger partial charge in [0.2, 0.25) is 5.91 Å². The van der Waals surface area contributed by atoms with Gasteiger partial charge in [-0.25, -0.2) is 4.98 Å². The first kappa shape index (κ1) is 16.1. The Labute approximate surface area is 148 Å². The third kappa shape index (κ3) is 3.38. The zero-order valence-electron chi connectivity index (χ0n) is 14.9. The second kappa shape index (κ2) is 6.50. The standard InChI is InChI=1S/C19H25N5O/c1-13-4-3-5-17(22-13)20-10-14-6-9-18(25)24(16-7-8-16)19(14)15-11-21-23(2)12-15/h3-5,11-12,14,16,19H,6-10H2,1-2H3,(H,20,22)/t14-,19+/m1/s1. The maximum atomic E-state index is 12.6. The highest BCUT2D eigenvalue weighted by molar-refractivity contribution is 5.78. The van der Waals surface area contributed by atoms with E-state index >= 15 is 0 Å². The molecule has 132 valence electrons. The van der Waals surface area contributed by atoms with Crippen LogP contribution in [0.1, 0.15) is 43.0 Å². The number of amides is 1. The molecule has 1 aliphatic carbocycles. The topological polar surface area (TPSA) is 63.1 Å². The van der Waals surface area contributed by atoms with Crippen LogP contribution in [0, 0.1) is 12.8 Å². The molecule has 1 saturated carbocycles. The Kier molecular flexibility index (Phi) is 4.19. The number of aryl methyl sites for hydroxylation is 2. The Morgan fingerprint density at radius 1 is 1.28 bits per heavy atom. The third-order valence-electron chi connectivity index (χ3n) is 5.20. The summed E-state index contributed by atoms with van der Waals surface area (Å²) in [5.41, 5.74) is 2.15. The van der Waals surface area contributed by atoms with Crippen LogP contribution in [-0.2, 0) is 11.8 Å². The molecule has 1 aliphatic heterocycles. The van der Waals surface area contributed by atoms with Crippen molar-refractivity contribution in [1.29, 1.82) is 0 Å². The molecule has 2 atom stereocenters. The molecule has 2 aromatic heterocycles. The van der Waals surface area contributed by atoms with Gasteiger partial charge in [-0.1, -0.05) is 6.07 Å². The minimum Gasteiger partial charge on any atom is -0.370 e. The highest BCUT2D eigenvalue weighted by Gasteiger charge is 2.44. The maximum Gasteiger partial charge on any atom is 0.223 e. The van der Waals surface area contributed by atoms with Crippen LogP contribution >= 0.6 is 0 Å². The summed E-state index contributed by atoms with van der Waals surface area (Å²) in [5.74, 6) is 1.56. The fraction of sp³-hybridized carbons (Fsp3) is 0.526. The van der Waals surface area contributed by atoms with E-state index in [2.05, 4.69) is 26.5 Å². The maximum absolute atomic E-state index is 12.6. The van der Waals surface area contributed by atoms with E-state index in [4.69, 9.17) is 0 Å². The van der Waals surface area contributed by atoms with Gasteiger partial charge in [-0.15, -0.1) is 0 Å². The summed E-state index contributed by atoms with van der Waals surface area (Å²) in [4.78, 5) is 19.3. The van der Waals surface area contributed by atoms with Crippen molar-refractivity contribution in [2.45, 2.75) is 44.7 Å². The van der Waals surface area contributed by atoms with Crippen LogP contribution in [0.25, 0.3) is 0 Å². The first-order valence-electron chi connectivity index (χ1n) is 9.09. The third-order valence-corrected chi connectivity index (χ3v) is 5.20.